The minimum Gasteiger partial charge on any atom is -0.348 e. The number of fused-ring (bicyclic) bond motifs is 3. The molecule has 3 atom stereocenters. The van der Waals surface area contributed by atoms with E-state index in [0.29, 0.717) is 23.8 Å². The fourth-order valence-electron chi connectivity index (χ4n) is 6.51. The summed E-state index contributed by atoms with van der Waals surface area (Å²) in [6, 6.07) is 9.86. The van der Waals surface area contributed by atoms with Gasteiger partial charge >= 0.3 is 0 Å². The van der Waals surface area contributed by atoms with E-state index in [9.17, 15) is 9.59 Å². The number of aromatic nitrogens is 2. The molecule has 0 radical (unpaired) electrons. The monoisotopic (exact) mass is 480 g/mol. The van der Waals surface area contributed by atoms with Crippen molar-refractivity contribution in [1.29, 1.82) is 0 Å². The van der Waals surface area contributed by atoms with Crippen LogP contribution in [0.2, 0.25) is 0 Å². The van der Waals surface area contributed by atoms with Crippen molar-refractivity contribution in [3.8, 4) is 0 Å². The molecule has 2 amide bonds. The molecule has 1 aromatic carbocycles. The van der Waals surface area contributed by atoms with Gasteiger partial charge < -0.3 is 10.2 Å². The Labute approximate surface area is 208 Å². The summed E-state index contributed by atoms with van der Waals surface area (Å²) in [6.07, 6.45) is 5.54. The number of carbonyl (C=O) groups is 2. The van der Waals surface area contributed by atoms with E-state index in [-0.39, 0.29) is 23.9 Å². The second-order valence-corrected chi connectivity index (χ2v) is 11.0. The molecule has 35 heavy (non-hydrogen) atoms. The fourth-order valence-corrected chi connectivity index (χ4v) is 6.51. The Kier molecular flexibility index (Phi) is 6.86. The highest BCUT2D eigenvalue weighted by atomic mass is 16.2. The SMILES string of the molecule is CC(=O)N(C)[C@@H]1CCN(CCN2C3CCC2CC(NC(=O)c2nn(C(C)C)c4ccccc24)C3)C1. The summed E-state index contributed by atoms with van der Waals surface area (Å²) in [5.41, 5.74) is 1.56. The lowest BCUT2D eigenvalue weighted by molar-refractivity contribution is -0.129. The van der Waals surface area contributed by atoms with Crippen molar-refractivity contribution < 1.29 is 9.59 Å². The first kappa shape index (κ1) is 24.3. The van der Waals surface area contributed by atoms with Gasteiger partial charge in [-0.15, -0.1) is 0 Å². The number of likely N-dealkylation sites (N-methyl/N-ethyl adjacent to an activating group) is 1. The number of amides is 2. The highest BCUT2D eigenvalue weighted by Gasteiger charge is 2.41. The van der Waals surface area contributed by atoms with Gasteiger partial charge in [-0.2, -0.15) is 5.10 Å². The molecule has 1 aromatic heterocycles. The Balaban J connectivity index is 1.17. The number of nitrogens with zero attached hydrogens (tertiary/aromatic N) is 5. The third-order valence-electron chi connectivity index (χ3n) is 8.50. The van der Waals surface area contributed by atoms with E-state index in [1.54, 1.807) is 6.92 Å². The minimum atomic E-state index is -0.0452. The van der Waals surface area contributed by atoms with E-state index in [4.69, 9.17) is 0 Å². The van der Waals surface area contributed by atoms with Crippen molar-refractivity contribution in [2.24, 2.45) is 0 Å². The second-order valence-electron chi connectivity index (χ2n) is 11.0. The van der Waals surface area contributed by atoms with Crippen LogP contribution in [-0.4, -0.2) is 93.7 Å². The molecule has 0 spiro atoms. The Morgan fingerprint density at radius 2 is 1.83 bits per heavy atom. The van der Waals surface area contributed by atoms with Crippen molar-refractivity contribution in [2.45, 2.75) is 83.1 Å². The number of carbonyl (C=O) groups excluding carboxylic acids is 2. The summed E-state index contributed by atoms with van der Waals surface area (Å²) in [5.74, 6) is 0.110. The highest BCUT2D eigenvalue weighted by Crippen LogP contribution is 2.36. The number of hydrogen-bond donors (Lipinski definition) is 1. The zero-order chi connectivity index (χ0) is 24.7. The lowest BCUT2D eigenvalue weighted by atomic mass is 9.97. The maximum atomic E-state index is 13.3. The average molecular weight is 481 g/mol. The molecule has 3 aliphatic heterocycles. The maximum Gasteiger partial charge on any atom is 0.272 e. The standard InChI is InChI=1S/C27H40N6O2/c1-18(2)33-25-8-6-5-7-24(25)26(29-33)27(35)28-20-15-21-9-10-22(16-20)32(21)14-13-31-12-11-23(17-31)30(4)19(3)34/h5-8,18,20-23H,9-17H2,1-4H3,(H,28,35)/t20?,21?,22?,23-/m1/s1. The minimum absolute atomic E-state index is 0.0452. The lowest BCUT2D eigenvalue weighted by Gasteiger charge is -2.39. The Hall–Kier alpha value is -2.45. The Morgan fingerprint density at radius 1 is 1.11 bits per heavy atom. The second kappa shape index (κ2) is 9.90. The molecule has 2 bridgehead atoms. The van der Waals surface area contributed by atoms with Crippen molar-refractivity contribution in [1.82, 2.24) is 29.8 Å². The summed E-state index contributed by atoms with van der Waals surface area (Å²) >= 11 is 0. The van der Waals surface area contributed by atoms with Gasteiger partial charge in [0.1, 0.15) is 0 Å². The van der Waals surface area contributed by atoms with Crippen LogP contribution in [0.1, 0.15) is 69.4 Å². The molecule has 2 unspecified atom stereocenters. The number of rotatable bonds is 7. The van der Waals surface area contributed by atoms with Crippen molar-refractivity contribution in [3.63, 3.8) is 0 Å². The summed E-state index contributed by atoms with van der Waals surface area (Å²) in [7, 11) is 1.92. The molecule has 8 heteroatoms. The van der Waals surface area contributed by atoms with E-state index in [2.05, 4.69) is 34.1 Å². The van der Waals surface area contributed by atoms with Gasteiger partial charge in [0.05, 0.1) is 5.52 Å². The summed E-state index contributed by atoms with van der Waals surface area (Å²) in [5, 5.41) is 8.96. The number of nitrogens with one attached hydrogen (secondary N) is 1. The average Bonchev–Trinajstić information content (AvgIpc) is 3.51. The number of benzene rings is 1. The van der Waals surface area contributed by atoms with E-state index in [0.717, 1.165) is 56.3 Å². The predicted molar refractivity (Wildman–Crippen MR) is 137 cm³/mol. The third kappa shape index (κ3) is 4.83. The van der Waals surface area contributed by atoms with Crippen molar-refractivity contribution >= 4 is 22.7 Å². The van der Waals surface area contributed by atoms with Crippen LogP contribution in [0.25, 0.3) is 10.9 Å². The Morgan fingerprint density at radius 3 is 2.51 bits per heavy atom. The van der Waals surface area contributed by atoms with E-state index < -0.39 is 0 Å². The van der Waals surface area contributed by atoms with Gasteiger partial charge in [-0.3, -0.25) is 24.1 Å². The first-order valence-corrected chi connectivity index (χ1v) is 13.3. The first-order valence-electron chi connectivity index (χ1n) is 13.3. The molecule has 3 fully saturated rings. The van der Waals surface area contributed by atoms with Crippen LogP contribution in [0.4, 0.5) is 0 Å². The summed E-state index contributed by atoms with van der Waals surface area (Å²) in [4.78, 5) is 32.1. The molecule has 190 valence electrons. The van der Waals surface area contributed by atoms with Gasteiger partial charge in [-0.25, -0.2) is 0 Å². The number of piperidine rings is 1. The molecule has 3 saturated heterocycles. The van der Waals surface area contributed by atoms with Gasteiger partial charge in [-0.1, -0.05) is 18.2 Å². The molecule has 8 nitrogen and oxygen atoms in total. The van der Waals surface area contributed by atoms with Gasteiger partial charge in [0.15, 0.2) is 5.69 Å². The maximum absolute atomic E-state index is 13.3. The number of likely N-dealkylation sites (tertiary alicyclic amines) is 1. The fraction of sp³-hybridized carbons (Fsp3) is 0.667. The molecule has 1 N–H and O–H groups in total. The van der Waals surface area contributed by atoms with Gasteiger partial charge in [0.2, 0.25) is 5.91 Å². The third-order valence-corrected chi connectivity index (χ3v) is 8.50. The lowest BCUT2D eigenvalue weighted by Crippen LogP contribution is -2.52. The Bertz CT molecular complexity index is 1070. The molecule has 0 saturated carbocycles. The highest BCUT2D eigenvalue weighted by molar-refractivity contribution is 6.05. The van der Waals surface area contributed by atoms with Crippen LogP contribution < -0.4 is 5.32 Å². The summed E-state index contributed by atoms with van der Waals surface area (Å²) < 4.78 is 1.95. The number of para-hydroxylation sites is 1. The van der Waals surface area contributed by atoms with Gasteiger partial charge in [0.25, 0.3) is 5.91 Å². The molecule has 0 aliphatic carbocycles. The van der Waals surface area contributed by atoms with Crippen LogP contribution in [0, 0.1) is 0 Å². The molecule has 2 aromatic rings. The van der Waals surface area contributed by atoms with E-state index in [1.165, 1.54) is 12.8 Å². The quantitative estimate of drug-likeness (QED) is 0.660. The van der Waals surface area contributed by atoms with E-state index >= 15 is 0 Å². The predicted octanol–water partition coefficient (Wildman–Crippen LogP) is 2.90. The van der Waals surface area contributed by atoms with Crippen molar-refractivity contribution in [3.05, 3.63) is 30.0 Å². The van der Waals surface area contributed by atoms with Crippen LogP contribution in [0.15, 0.2) is 24.3 Å². The van der Waals surface area contributed by atoms with Crippen LogP contribution in [-0.2, 0) is 4.79 Å². The van der Waals surface area contributed by atoms with Crippen LogP contribution in [0.3, 0.4) is 0 Å². The van der Waals surface area contributed by atoms with Gasteiger partial charge in [0, 0.05) is 75.7 Å². The van der Waals surface area contributed by atoms with Crippen LogP contribution in [0.5, 0.6) is 0 Å². The molecule has 4 heterocycles. The molecule has 3 aliphatic rings. The summed E-state index contributed by atoms with van der Waals surface area (Å²) in [6.45, 7) is 10.0. The smallest absolute Gasteiger partial charge is 0.272 e. The largest absolute Gasteiger partial charge is 0.348 e. The molecular weight excluding hydrogens is 440 g/mol. The van der Waals surface area contributed by atoms with Gasteiger partial charge in [-0.05, 0) is 52.0 Å². The normalized spacial score (nSPS) is 27.1. The van der Waals surface area contributed by atoms with E-state index in [1.807, 2.05) is 40.9 Å². The first-order chi connectivity index (χ1) is 16.8. The molecular formula is C27H40N6O2. The molecule has 5 rings (SSSR count). The number of hydrogen-bond acceptors (Lipinski definition) is 5. The topological polar surface area (TPSA) is 73.7 Å². The van der Waals surface area contributed by atoms with Crippen LogP contribution >= 0.6 is 0 Å². The zero-order valence-corrected chi connectivity index (χ0v) is 21.6. The van der Waals surface area contributed by atoms with Crippen molar-refractivity contribution in [2.75, 3.05) is 33.2 Å². The zero-order valence-electron chi connectivity index (χ0n) is 21.6.